The van der Waals surface area contributed by atoms with Gasteiger partial charge in [-0.05, 0) is 43.7 Å². The molecule has 0 saturated carbocycles. The van der Waals surface area contributed by atoms with E-state index in [9.17, 15) is 4.79 Å². The van der Waals surface area contributed by atoms with E-state index >= 15 is 0 Å². The molecule has 0 aliphatic carbocycles. The summed E-state index contributed by atoms with van der Waals surface area (Å²) in [6, 6.07) is 20.1. The molecule has 4 aromatic rings. The highest BCUT2D eigenvalue weighted by Crippen LogP contribution is 2.39. The number of nitrogens with zero attached hydrogens (tertiary/aromatic N) is 3. The molecule has 2 aromatic carbocycles. The third-order valence-corrected chi connectivity index (χ3v) is 8.15. The number of carbonyl (C=O) groups is 1. The van der Waals surface area contributed by atoms with Gasteiger partial charge >= 0.3 is 0 Å². The summed E-state index contributed by atoms with van der Waals surface area (Å²) < 4.78 is 8.07. The summed E-state index contributed by atoms with van der Waals surface area (Å²) in [6.07, 6.45) is 2.23. The molecule has 1 aliphatic heterocycles. The van der Waals surface area contributed by atoms with Crippen LogP contribution in [0.3, 0.4) is 0 Å². The fourth-order valence-electron chi connectivity index (χ4n) is 4.11. The molecule has 5 nitrogen and oxygen atoms in total. The number of ketones is 1. The maximum atomic E-state index is 13.7. The molecule has 0 unspecified atom stereocenters. The van der Waals surface area contributed by atoms with Crippen molar-refractivity contribution in [3.8, 4) is 10.7 Å². The van der Waals surface area contributed by atoms with E-state index in [1.807, 2.05) is 54.8 Å². The first-order chi connectivity index (χ1) is 16.6. The van der Waals surface area contributed by atoms with E-state index in [0.717, 1.165) is 52.0 Å². The Balaban J connectivity index is 1.53. The van der Waals surface area contributed by atoms with E-state index in [-0.39, 0.29) is 11.9 Å². The molecule has 1 saturated heterocycles. The van der Waals surface area contributed by atoms with Gasteiger partial charge in [0.15, 0.2) is 16.8 Å². The van der Waals surface area contributed by atoms with Crippen LogP contribution in [0.4, 0.5) is 0 Å². The number of hydrogen-bond acceptors (Lipinski definition) is 6. The van der Waals surface area contributed by atoms with Crippen molar-refractivity contribution in [1.29, 1.82) is 0 Å². The first-order valence-corrected chi connectivity index (χ1v) is 13.3. The van der Waals surface area contributed by atoms with Crippen LogP contribution in [0.25, 0.3) is 10.7 Å². The Hall–Kier alpha value is -2.74. The summed E-state index contributed by atoms with van der Waals surface area (Å²) in [6.45, 7) is 5.56. The quantitative estimate of drug-likeness (QED) is 0.208. The number of aryl methyl sites for hydroxylation is 2. The summed E-state index contributed by atoms with van der Waals surface area (Å²) in [5.41, 5.74) is 3.96. The van der Waals surface area contributed by atoms with Gasteiger partial charge in [-0.15, -0.1) is 21.5 Å². The van der Waals surface area contributed by atoms with Gasteiger partial charge in [0, 0.05) is 12.2 Å². The highest BCUT2D eigenvalue weighted by molar-refractivity contribution is 8.00. The van der Waals surface area contributed by atoms with Gasteiger partial charge in [0.2, 0.25) is 0 Å². The van der Waals surface area contributed by atoms with E-state index in [2.05, 4.69) is 39.9 Å². The molecule has 34 heavy (non-hydrogen) atoms. The fraction of sp³-hybridized carbons (Fsp3) is 0.296. The highest BCUT2D eigenvalue weighted by Gasteiger charge is 2.28. The summed E-state index contributed by atoms with van der Waals surface area (Å²) in [5, 5.41) is 11.5. The van der Waals surface area contributed by atoms with E-state index < -0.39 is 5.25 Å². The van der Waals surface area contributed by atoms with E-state index in [1.54, 1.807) is 11.3 Å². The van der Waals surface area contributed by atoms with Crippen molar-refractivity contribution in [2.75, 3.05) is 6.61 Å². The number of thioether (sulfide) groups is 1. The molecule has 2 atom stereocenters. The van der Waals surface area contributed by atoms with E-state index in [0.29, 0.717) is 12.1 Å². The predicted octanol–water partition coefficient (Wildman–Crippen LogP) is 6.52. The van der Waals surface area contributed by atoms with Gasteiger partial charge in [0.1, 0.15) is 5.25 Å². The zero-order valence-electron chi connectivity index (χ0n) is 19.3. The van der Waals surface area contributed by atoms with Gasteiger partial charge in [-0.1, -0.05) is 77.5 Å². The topological polar surface area (TPSA) is 57.0 Å². The van der Waals surface area contributed by atoms with Crippen molar-refractivity contribution in [2.45, 2.75) is 49.7 Å². The average molecular weight is 490 g/mol. The zero-order valence-corrected chi connectivity index (χ0v) is 20.9. The van der Waals surface area contributed by atoms with Crippen LogP contribution in [0.15, 0.2) is 71.2 Å². The molecule has 0 amide bonds. The Morgan fingerprint density at radius 3 is 2.47 bits per heavy atom. The first kappa shape index (κ1) is 23.0. The maximum absolute atomic E-state index is 13.7. The zero-order chi connectivity index (χ0) is 23.5. The number of hydrogen-bond donors (Lipinski definition) is 0. The molecule has 1 fully saturated rings. The van der Waals surface area contributed by atoms with Crippen molar-refractivity contribution < 1.29 is 9.53 Å². The highest BCUT2D eigenvalue weighted by atomic mass is 32.2. The number of thiophene rings is 1. The number of benzene rings is 2. The van der Waals surface area contributed by atoms with Gasteiger partial charge < -0.3 is 4.74 Å². The summed E-state index contributed by atoms with van der Waals surface area (Å²) in [4.78, 5) is 14.8. The maximum Gasteiger partial charge on any atom is 0.192 e. The van der Waals surface area contributed by atoms with Crippen molar-refractivity contribution in [1.82, 2.24) is 14.8 Å². The molecule has 0 spiro atoms. The Morgan fingerprint density at radius 2 is 1.82 bits per heavy atom. The molecule has 0 N–H and O–H groups in total. The third-order valence-electron chi connectivity index (χ3n) is 6.05. The van der Waals surface area contributed by atoms with Gasteiger partial charge in [-0.2, -0.15) is 0 Å². The lowest BCUT2D eigenvalue weighted by atomic mass is 10.0. The fourth-order valence-corrected chi connectivity index (χ4v) is 5.95. The molecule has 2 aromatic heterocycles. The lowest BCUT2D eigenvalue weighted by Crippen LogP contribution is -2.17. The molecular weight excluding hydrogens is 462 g/mol. The van der Waals surface area contributed by atoms with Crippen LogP contribution in [-0.4, -0.2) is 33.3 Å². The lowest BCUT2D eigenvalue weighted by Gasteiger charge is -2.18. The number of aromatic nitrogens is 3. The van der Waals surface area contributed by atoms with Gasteiger partial charge in [0.05, 0.1) is 17.5 Å². The van der Waals surface area contributed by atoms with Crippen molar-refractivity contribution in [2.24, 2.45) is 0 Å². The third kappa shape index (κ3) is 5.02. The van der Waals surface area contributed by atoms with Gasteiger partial charge in [-0.25, -0.2) is 0 Å². The molecule has 0 bridgehead atoms. The Labute approximate surface area is 208 Å². The molecule has 1 aliphatic rings. The van der Waals surface area contributed by atoms with Crippen LogP contribution in [0.5, 0.6) is 0 Å². The normalized spacial score (nSPS) is 16.6. The standard InChI is InChI=1S/C27H27N3O2S2/c1-18-7-11-20(12-8-18)24(31)25(21-13-9-19(2)10-14-21)34-27-29-28-26(23-6-4-16-33-23)30(27)17-22-5-3-15-32-22/h4,6-14,16,22,25H,3,5,15,17H2,1-2H3/t22-,25-/m1/s1. The number of carbonyl (C=O) groups excluding carboxylic acids is 1. The second kappa shape index (κ2) is 10.3. The van der Waals surface area contributed by atoms with Crippen LogP contribution in [-0.2, 0) is 11.3 Å². The Morgan fingerprint density at radius 1 is 1.09 bits per heavy atom. The molecule has 0 radical (unpaired) electrons. The van der Waals surface area contributed by atoms with Crippen molar-refractivity contribution in [3.63, 3.8) is 0 Å². The molecule has 3 heterocycles. The smallest absolute Gasteiger partial charge is 0.192 e. The van der Waals surface area contributed by atoms with E-state index in [1.165, 1.54) is 11.8 Å². The predicted molar refractivity (Wildman–Crippen MR) is 138 cm³/mol. The second-order valence-electron chi connectivity index (χ2n) is 8.67. The number of Topliss-reactive ketones (excluding diaryl/α,β-unsaturated/α-hetero) is 1. The van der Waals surface area contributed by atoms with Crippen LogP contribution in [0.1, 0.15) is 45.1 Å². The van der Waals surface area contributed by atoms with Gasteiger partial charge in [0.25, 0.3) is 0 Å². The monoisotopic (exact) mass is 489 g/mol. The number of rotatable bonds is 8. The lowest BCUT2D eigenvalue weighted by molar-refractivity contribution is 0.0953. The van der Waals surface area contributed by atoms with Crippen molar-refractivity contribution >= 4 is 28.9 Å². The summed E-state index contributed by atoms with van der Waals surface area (Å²) >= 11 is 3.11. The van der Waals surface area contributed by atoms with Crippen LogP contribution in [0, 0.1) is 13.8 Å². The van der Waals surface area contributed by atoms with Gasteiger partial charge in [-0.3, -0.25) is 9.36 Å². The minimum atomic E-state index is -0.424. The number of ether oxygens (including phenoxy) is 1. The summed E-state index contributed by atoms with van der Waals surface area (Å²) in [5.74, 6) is 0.900. The minimum absolute atomic E-state index is 0.0678. The Bertz CT molecular complexity index is 1240. The van der Waals surface area contributed by atoms with E-state index in [4.69, 9.17) is 4.74 Å². The average Bonchev–Trinajstić information content (AvgIpc) is 3.62. The van der Waals surface area contributed by atoms with Crippen molar-refractivity contribution in [3.05, 3.63) is 88.3 Å². The SMILES string of the molecule is Cc1ccc(C(=O)[C@H](Sc2nnc(-c3cccs3)n2C[C@H]2CCCO2)c2ccc(C)cc2)cc1. The van der Waals surface area contributed by atoms with Crippen LogP contribution in [0.2, 0.25) is 0 Å². The van der Waals surface area contributed by atoms with Crippen LogP contribution >= 0.6 is 23.1 Å². The Kier molecular flexibility index (Phi) is 6.94. The molecule has 174 valence electrons. The molecule has 7 heteroatoms. The minimum Gasteiger partial charge on any atom is -0.376 e. The first-order valence-electron chi connectivity index (χ1n) is 11.5. The van der Waals surface area contributed by atoms with Crippen LogP contribution < -0.4 is 0 Å². The molecule has 5 rings (SSSR count). The molecular formula is C27H27N3O2S2. The summed E-state index contributed by atoms with van der Waals surface area (Å²) in [7, 11) is 0. The second-order valence-corrected chi connectivity index (χ2v) is 10.7. The largest absolute Gasteiger partial charge is 0.376 e.